The van der Waals surface area contributed by atoms with Crippen molar-refractivity contribution in [1.29, 1.82) is 0 Å². The van der Waals surface area contributed by atoms with E-state index in [0.29, 0.717) is 23.7 Å². The maximum Gasteiger partial charge on any atom is 2.00 e. The Bertz CT molecular complexity index is 934. The normalized spacial score (nSPS) is 8.00. The van der Waals surface area contributed by atoms with Crippen molar-refractivity contribution in [2.24, 2.45) is 0 Å². The van der Waals surface area contributed by atoms with Gasteiger partial charge in [0.1, 0.15) is 12.6 Å². The first-order valence-corrected chi connectivity index (χ1v) is 8.86. The number of aromatic nitrogens is 4. The zero-order valence-electron chi connectivity index (χ0n) is 18.1. The SMILES string of the molecule is O=Cc1ccc(C(=O)[O-])cc1.O=Cc1ccc(C(=O)[O-])cc1.[Co+2].[OH3+].[OH3+].c1c[nH]cn1.c1c[nH]cn1. The molecule has 0 aliphatic rings. The Morgan fingerprint density at radius 1 is 0.657 bits per heavy atom. The van der Waals surface area contributed by atoms with E-state index in [-0.39, 0.29) is 38.9 Å². The summed E-state index contributed by atoms with van der Waals surface area (Å²) < 4.78 is 0. The molecule has 0 aliphatic heterocycles. The summed E-state index contributed by atoms with van der Waals surface area (Å²) in [7, 11) is 0. The molecule has 12 nitrogen and oxygen atoms in total. The Balaban J connectivity index is -0.000000400. The van der Waals surface area contributed by atoms with Gasteiger partial charge in [-0.25, -0.2) is 9.97 Å². The molecule has 0 spiro atoms. The van der Waals surface area contributed by atoms with Gasteiger partial charge in [-0.2, -0.15) is 0 Å². The number of hydrogen-bond donors (Lipinski definition) is 2. The van der Waals surface area contributed by atoms with Crippen molar-refractivity contribution >= 4 is 24.5 Å². The monoisotopic (exact) mass is 531 g/mol. The number of aromatic carboxylic acids is 2. The molecule has 0 bridgehead atoms. The van der Waals surface area contributed by atoms with E-state index in [1.807, 2.05) is 0 Å². The first-order valence-electron chi connectivity index (χ1n) is 8.86. The van der Waals surface area contributed by atoms with Crippen molar-refractivity contribution < 1.29 is 57.1 Å². The molecule has 0 amide bonds. The smallest absolute Gasteiger partial charge is 0.545 e. The second kappa shape index (κ2) is 21.4. The number of benzene rings is 2. The van der Waals surface area contributed by atoms with Gasteiger partial charge in [0.05, 0.1) is 24.6 Å². The maximum atomic E-state index is 10.2. The minimum Gasteiger partial charge on any atom is -0.545 e. The van der Waals surface area contributed by atoms with Crippen LogP contribution in [0.3, 0.4) is 0 Å². The number of imidazole rings is 2. The Kier molecular flexibility index (Phi) is 21.5. The van der Waals surface area contributed by atoms with E-state index in [1.54, 1.807) is 37.4 Å². The molecule has 0 aliphatic carbocycles. The standard InChI is InChI=1S/2C8H6O3.2C3H4N2.Co.2H2O/c2*9-5-6-1-3-7(4-2-6)8(10)11;2*1-2-5-3-4-1;;;/h2*1-5H,(H,10,11);2*1-3H,(H,4,5);;2*1H2/q;;;;+2;;. The van der Waals surface area contributed by atoms with Crippen LogP contribution < -0.4 is 10.2 Å². The van der Waals surface area contributed by atoms with Gasteiger partial charge in [-0.15, -0.1) is 0 Å². The van der Waals surface area contributed by atoms with E-state index < -0.39 is 11.9 Å². The Labute approximate surface area is 209 Å². The summed E-state index contributed by atoms with van der Waals surface area (Å²) in [5.74, 6) is -2.47. The largest absolute Gasteiger partial charge is 2.00 e. The summed E-state index contributed by atoms with van der Waals surface area (Å²) in [6, 6.07) is 11.0. The van der Waals surface area contributed by atoms with Crippen LogP contribution >= 0.6 is 0 Å². The third kappa shape index (κ3) is 15.9. The molecule has 187 valence electrons. The molecule has 13 heteroatoms. The van der Waals surface area contributed by atoms with E-state index in [4.69, 9.17) is 0 Å². The van der Waals surface area contributed by atoms with E-state index in [0.717, 1.165) is 0 Å². The summed E-state index contributed by atoms with van der Waals surface area (Å²) in [5, 5.41) is 20.4. The van der Waals surface area contributed by atoms with Crippen LogP contribution in [0, 0.1) is 0 Å². The first kappa shape index (κ1) is 35.2. The second-order valence-electron chi connectivity index (χ2n) is 5.58. The molecule has 0 saturated carbocycles. The predicted octanol–water partition coefficient (Wildman–Crippen LogP) is -1.30. The van der Waals surface area contributed by atoms with Crippen LogP contribution in [0.5, 0.6) is 0 Å². The van der Waals surface area contributed by atoms with Crippen molar-refractivity contribution in [3.8, 4) is 0 Å². The summed E-state index contributed by atoms with van der Waals surface area (Å²) in [4.78, 5) is 53.5. The number of nitrogens with zero attached hydrogens (tertiary/aromatic N) is 2. The van der Waals surface area contributed by atoms with Gasteiger partial charge in [-0.05, 0) is 11.1 Å². The average Bonchev–Trinajstić information content (AvgIpc) is 3.59. The third-order valence-electron chi connectivity index (χ3n) is 3.38. The number of hydrogen-bond acceptors (Lipinski definition) is 8. The van der Waals surface area contributed by atoms with Crippen LogP contribution in [0.25, 0.3) is 0 Å². The number of aromatic amines is 2. The summed E-state index contributed by atoms with van der Waals surface area (Å²) in [5.41, 5.74) is 1.07. The van der Waals surface area contributed by atoms with E-state index in [9.17, 15) is 29.4 Å². The number of carbonyl (C=O) groups excluding carboxylic acids is 4. The molecule has 0 saturated heterocycles. The predicted molar refractivity (Wildman–Crippen MR) is 119 cm³/mol. The van der Waals surface area contributed by atoms with E-state index in [1.165, 1.54) is 48.5 Å². The summed E-state index contributed by atoms with van der Waals surface area (Å²) in [6.07, 6.45) is 11.5. The van der Waals surface area contributed by atoms with Gasteiger partial charge in [0.2, 0.25) is 0 Å². The number of carboxylic acid groups (broad SMARTS) is 2. The molecule has 0 atom stereocenters. The minimum absolute atomic E-state index is 0. The van der Waals surface area contributed by atoms with Gasteiger partial charge >= 0.3 is 16.8 Å². The van der Waals surface area contributed by atoms with E-state index >= 15 is 0 Å². The number of carbonyl (C=O) groups is 4. The molecule has 0 fully saturated rings. The molecule has 2 heterocycles. The second-order valence-corrected chi connectivity index (χ2v) is 5.58. The quantitative estimate of drug-likeness (QED) is 0.236. The molecule has 1 radical (unpaired) electrons. The van der Waals surface area contributed by atoms with Crippen LogP contribution in [0.4, 0.5) is 0 Å². The van der Waals surface area contributed by atoms with Gasteiger partial charge in [-0.3, -0.25) is 9.59 Å². The fourth-order valence-electron chi connectivity index (χ4n) is 1.83. The molecule has 4 aromatic rings. The fraction of sp³-hybridized carbons (Fsp3) is 0. The fourth-order valence-corrected chi connectivity index (χ4v) is 1.83. The van der Waals surface area contributed by atoms with Crippen molar-refractivity contribution in [2.45, 2.75) is 0 Å². The topological polar surface area (TPSA) is 238 Å². The van der Waals surface area contributed by atoms with Crippen LogP contribution in [0.1, 0.15) is 41.4 Å². The van der Waals surface area contributed by atoms with Crippen molar-refractivity contribution in [2.75, 3.05) is 0 Å². The maximum absolute atomic E-state index is 10.2. The number of nitrogens with one attached hydrogen (secondary N) is 2. The molecule has 2 aromatic carbocycles. The zero-order chi connectivity index (χ0) is 23.6. The number of carboxylic acids is 2. The summed E-state index contributed by atoms with van der Waals surface area (Å²) >= 11 is 0. The molecule has 8 N–H and O–H groups in total. The van der Waals surface area contributed by atoms with E-state index in [2.05, 4.69) is 19.9 Å². The molecule has 2 aromatic heterocycles. The van der Waals surface area contributed by atoms with Crippen molar-refractivity contribution in [3.05, 3.63) is 108 Å². The van der Waals surface area contributed by atoms with Crippen LogP contribution in [-0.4, -0.2) is 44.4 Å². The first-order chi connectivity index (χ1) is 15.5. The van der Waals surface area contributed by atoms with Gasteiger partial charge in [-0.1, -0.05) is 48.5 Å². The molecule has 35 heavy (non-hydrogen) atoms. The van der Waals surface area contributed by atoms with Gasteiger partial charge in [0, 0.05) is 35.9 Å². The third-order valence-corrected chi connectivity index (χ3v) is 3.38. The van der Waals surface area contributed by atoms with Crippen molar-refractivity contribution in [1.82, 2.24) is 19.9 Å². The Hall–Kier alpha value is -4.43. The number of H-pyrrole nitrogens is 2. The van der Waals surface area contributed by atoms with Gasteiger partial charge < -0.3 is 40.7 Å². The molecular weight excluding hydrogens is 507 g/mol. The van der Waals surface area contributed by atoms with Crippen LogP contribution in [0.2, 0.25) is 0 Å². The van der Waals surface area contributed by atoms with Crippen molar-refractivity contribution in [3.63, 3.8) is 0 Å². The van der Waals surface area contributed by atoms with Crippen LogP contribution in [-0.2, 0) is 27.7 Å². The number of rotatable bonds is 4. The van der Waals surface area contributed by atoms with Gasteiger partial charge in [0.25, 0.3) is 0 Å². The minimum atomic E-state index is -1.23. The Morgan fingerprint density at radius 2 is 0.971 bits per heavy atom. The molecule has 0 unspecified atom stereocenters. The van der Waals surface area contributed by atoms with Crippen LogP contribution in [0.15, 0.2) is 86.0 Å². The number of aldehydes is 2. The molecular formula is C22H24CoN4O8+2. The van der Waals surface area contributed by atoms with Gasteiger partial charge in [0.15, 0.2) is 0 Å². The Morgan fingerprint density at radius 3 is 1.11 bits per heavy atom. The molecule has 4 rings (SSSR count). The summed E-state index contributed by atoms with van der Waals surface area (Å²) in [6.45, 7) is 0. The average molecular weight is 531 g/mol. The zero-order valence-corrected chi connectivity index (χ0v) is 19.1.